The van der Waals surface area contributed by atoms with Gasteiger partial charge in [-0.2, -0.15) is 0 Å². The molecule has 2 N–H and O–H groups in total. The fraction of sp³-hybridized carbons (Fsp3) is 0.333. The molecule has 1 heterocycles. The zero-order chi connectivity index (χ0) is 14.7. The number of aryl methyl sites for hydroxylation is 1. The zero-order valence-electron chi connectivity index (χ0n) is 11.6. The number of halogens is 2. The number of nitrogens with two attached hydrogens (primary N) is 1. The summed E-state index contributed by atoms with van der Waals surface area (Å²) in [5.74, 6) is -0.213. The predicted molar refractivity (Wildman–Crippen MR) is 83.7 cm³/mol. The second-order valence-electron chi connectivity index (χ2n) is 4.87. The van der Waals surface area contributed by atoms with Crippen molar-refractivity contribution < 1.29 is 4.39 Å². The van der Waals surface area contributed by atoms with E-state index in [9.17, 15) is 4.39 Å². The van der Waals surface area contributed by atoms with E-state index < -0.39 is 0 Å². The molecule has 0 aliphatic carbocycles. The van der Waals surface area contributed by atoms with Crippen molar-refractivity contribution in [2.45, 2.75) is 19.5 Å². The Morgan fingerprint density at radius 2 is 2.10 bits per heavy atom. The van der Waals surface area contributed by atoms with Crippen LogP contribution in [0.1, 0.15) is 22.0 Å². The smallest absolute Gasteiger partial charge is 0.123 e. The van der Waals surface area contributed by atoms with E-state index >= 15 is 0 Å². The monoisotopic (exact) mass is 312 g/mol. The molecule has 0 bridgehead atoms. The lowest BCUT2D eigenvalue weighted by atomic mass is 10.00. The molecule has 0 spiro atoms. The van der Waals surface area contributed by atoms with Gasteiger partial charge in [0.15, 0.2) is 0 Å². The lowest BCUT2D eigenvalue weighted by Crippen LogP contribution is -2.30. The third-order valence-corrected chi connectivity index (χ3v) is 4.60. The molecule has 2 rings (SSSR count). The van der Waals surface area contributed by atoms with Crippen molar-refractivity contribution in [3.05, 3.63) is 56.5 Å². The van der Waals surface area contributed by atoms with Crippen LogP contribution in [-0.2, 0) is 6.54 Å². The summed E-state index contributed by atoms with van der Waals surface area (Å²) in [5, 5.41) is 0. The first-order valence-electron chi connectivity index (χ1n) is 6.42. The molecule has 1 aromatic heterocycles. The highest BCUT2D eigenvalue weighted by atomic mass is 35.5. The summed E-state index contributed by atoms with van der Waals surface area (Å²) in [6.45, 7) is 3.18. The van der Waals surface area contributed by atoms with Gasteiger partial charge in [0.2, 0.25) is 0 Å². The molecular formula is C15H18ClFN2S. The highest BCUT2D eigenvalue weighted by molar-refractivity contribution is 7.16. The Hall–Kier alpha value is -0.940. The number of rotatable bonds is 5. The fourth-order valence-corrected chi connectivity index (χ4v) is 3.50. The third kappa shape index (κ3) is 3.58. The Balaban J connectivity index is 2.18. The quantitative estimate of drug-likeness (QED) is 0.905. The van der Waals surface area contributed by atoms with Gasteiger partial charge in [-0.05, 0) is 49.4 Å². The molecule has 108 valence electrons. The van der Waals surface area contributed by atoms with Crippen LogP contribution in [0.5, 0.6) is 0 Å². The summed E-state index contributed by atoms with van der Waals surface area (Å²) in [7, 11) is 2.02. The molecule has 0 saturated heterocycles. The largest absolute Gasteiger partial charge is 0.329 e. The highest BCUT2D eigenvalue weighted by Crippen LogP contribution is 2.27. The maximum atomic E-state index is 13.2. The standard InChI is InChI=1S/C15H18ClFN2S/c1-10-7-11(17)3-5-13(10)14(8-18)19(2)9-12-4-6-15(16)20-12/h3-7,14H,8-9,18H2,1-2H3. The Bertz CT molecular complexity index is 585. The van der Waals surface area contributed by atoms with Crippen molar-refractivity contribution in [2.24, 2.45) is 5.73 Å². The van der Waals surface area contributed by atoms with Crippen molar-refractivity contribution in [2.75, 3.05) is 13.6 Å². The van der Waals surface area contributed by atoms with E-state index in [1.165, 1.54) is 10.9 Å². The number of likely N-dealkylation sites (N-methyl/N-ethyl adjacent to an activating group) is 1. The van der Waals surface area contributed by atoms with E-state index in [1.54, 1.807) is 17.4 Å². The van der Waals surface area contributed by atoms with Crippen LogP contribution in [0.4, 0.5) is 4.39 Å². The first kappa shape index (κ1) is 15.4. The molecular weight excluding hydrogens is 295 g/mol. The minimum atomic E-state index is -0.213. The van der Waals surface area contributed by atoms with Crippen LogP contribution in [-0.4, -0.2) is 18.5 Å². The first-order valence-corrected chi connectivity index (χ1v) is 7.61. The Morgan fingerprint density at radius 3 is 2.65 bits per heavy atom. The maximum absolute atomic E-state index is 13.2. The van der Waals surface area contributed by atoms with Crippen molar-refractivity contribution >= 4 is 22.9 Å². The minimum absolute atomic E-state index is 0.0662. The highest BCUT2D eigenvalue weighted by Gasteiger charge is 2.18. The van der Waals surface area contributed by atoms with Gasteiger partial charge in [0, 0.05) is 24.0 Å². The topological polar surface area (TPSA) is 29.3 Å². The zero-order valence-corrected chi connectivity index (χ0v) is 13.1. The molecule has 0 radical (unpaired) electrons. The van der Waals surface area contributed by atoms with Crippen molar-refractivity contribution in [1.82, 2.24) is 4.90 Å². The van der Waals surface area contributed by atoms with E-state index in [0.29, 0.717) is 6.54 Å². The molecule has 2 nitrogen and oxygen atoms in total. The average molecular weight is 313 g/mol. The second-order valence-corrected chi connectivity index (χ2v) is 6.67. The molecule has 0 aliphatic heterocycles. The van der Waals surface area contributed by atoms with Gasteiger partial charge >= 0.3 is 0 Å². The van der Waals surface area contributed by atoms with Crippen molar-refractivity contribution in [3.8, 4) is 0 Å². The lowest BCUT2D eigenvalue weighted by Gasteiger charge is -2.28. The van der Waals surface area contributed by atoms with Gasteiger partial charge in [-0.3, -0.25) is 4.90 Å². The van der Waals surface area contributed by atoms with E-state index in [0.717, 1.165) is 22.0 Å². The van der Waals surface area contributed by atoms with E-state index in [1.807, 2.05) is 32.2 Å². The summed E-state index contributed by atoms with van der Waals surface area (Å²) in [5.41, 5.74) is 7.91. The number of nitrogens with zero attached hydrogens (tertiary/aromatic N) is 1. The fourth-order valence-electron chi connectivity index (χ4n) is 2.35. The Labute approximate surface area is 128 Å². The Morgan fingerprint density at radius 1 is 1.35 bits per heavy atom. The number of hydrogen-bond donors (Lipinski definition) is 1. The first-order chi connectivity index (χ1) is 9.51. The molecule has 1 aromatic carbocycles. The number of hydrogen-bond acceptors (Lipinski definition) is 3. The van der Waals surface area contributed by atoms with Gasteiger partial charge in [-0.25, -0.2) is 4.39 Å². The average Bonchev–Trinajstić information content (AvgIpc) is 2.78. The lowest BCUT2D eigenvalue weighted by molar-refractivity contribution is 0.243. The minimum Gasteiger partial charge on any atom is -0.329 e. The van der Waals surface area contributed by atoms with Crippen molar-refractivity contribution in [3.63, 3.8) is 0 Å². The van der Waals surface area contributed by atoms with Gasteiger partial charge in [0.05, 0.1) is 4.34 Å². The predicted octanol–water partition coefficient (Wildman–Crippen LogP) is 3.98. The molecule has 20 heavy (non-hydrogen) atoms. The molecule has 0 amide bonds. The van der Waals surface area contributed by atoms with Crippen LogP contribution < -0.4 is 5.73 Å². The molecule has 0 saturated carbocycles. The molecule has 5 heteroatoms. The molecule has 1 atom stereocenters. The molecule has 1 unspecified atom stereocenters. The van der Waals surface area contributed by atoms with E-state index in [-0.39, 0.29) is 11.9 Å². The molecule has 2 aromatic rings. The van der Waals surface area contributed by atoms with Crippen molar-refractivity contribution in [1.29, 1.82) is 0 Å². The van der Waals surface area contributed by atoms with Crippen LogP contribution in [0.3, 0.4) is 0 Å². The number of thiophene rings is 1. The van der Waals surface area contributed by atoms with Gasteiger partial charge in [0.1, 0.15) is 5.82 Å². The summed E-state index contributed by atoms with van der Waals surface area (Å²) in [4.78, 5) is 3.36. The molecule has 0 fully saturated rings. The summed E-state index contributed by atoms with van der Waals surface area (Å²) < 4.78 is 14.0. The van der Waals surface area contributed by atoms with Gasteiger partial charge < -0.3 is 5.73 Å². The van der Waals surface area contributed by atoms with Crippen LogP contribution in [0.15, 0.2) is 30.3 Å². The number of benzene rings is 1. The van der Waals surface area contributed by atoms with Gasteiger partial charge in [-0.15, -0.1) is 11.3 Å². The molecule has 0 aliphatic rings. The Kier molecular flexibility index (Phi) is 5.16. The van der Waals surface area contributed by atoms with Crippen LogP contribution in [0, 0.1) is 12.7 Å². The summed E-state index contributed by atoms with van der Waals surface area (Å²) in [6, 6.07) is 8.84. The SMILES string of the molecule is Cc1cc(F)ccc1C(CN)N(C)Cc1ccc(Cl)s1. The summed E-state index contributed by atoms with van der Waals surface area (Å²) >= 11 is 7.52. The van der Waals surface area contributed by atoms with Gasteiger partial charge in [-0.1, -0.05) is 17.7 Å². The normalized spacial score (nSPS) is 12.9. The maximum Gasteiger partial charge on any atom is 0.123 e. The summed E-state index contributed by atoms with van der Waals surface area (Å²) in [6.07, 6.45) is 0. The van der Waals surface area contributed by atoms with Gasteiger partial charge in [0.25, 0.3) is 0 Å². The van der Waals surface area contributed by atoms with E-state index in [4.69, 9.17) is 17.3 Å². The third-order valence-electron chi connectivity index (χ3n) is 3.38. The van der Waals surface area contributed by atoms with Crippen LogP contribution in [0.2, 0.25) is 4.34 Å². The second kappa shape index (κ2) is 6.68. The van der Waals surface area contributed by atoms with Crippen LogP contribution >= 0.6 is 22.9 Å². The van der Waals surface area contributed by atoms with Crippen LogP contribution in [0.25, 0.3) is 0 Å². The van der Waals surface area contributed by atoms with E-state index in [2.05, 4.69) is 4.90 Å².